The van der Waals surface area contributed by atoms with Crippen molar-refractivity contribution in [2.45, 2.75) is 25.9 Å². The highest BCUT2D eigenvalue weighted by atomic mass is 32.1. The fourth-order valence-corrected chi connectivity index (χ4v) is 2.28. The number of nitrogens with one attached hydrogen (secondary N) is 1. The Labute approximate surface area is 99.6 Å². The molecule has 0 aliphatic heterocycles. The van der Waals surface area contributed by atoms with Crippen molar-refractivity contribution in [1.29, 1.82) is 0 Å². The van der Waals surface area contributed by atoms with Crippen molar-refractivity contribution >= 4 is 11.3 Å². The number of rotatable bonds is 4. The smallest absolute Gasteiger partial charge is 0.109 e. The SMILES string of the molecule is CC(N[C@H](C)c1cccnc1)c1nccs1. The van der Waals surface area contributed by atoms with Crippen molar-refractivity contribution < 1.29 is 0 Å². The summed E-state index contributed by atoms with van der Waals surface area (Å²) in [5.41, 5.74) is 1.20. The van der Waals surface area contributed by atoms with Gasteiger partial charge >= 0.3 is 0 Å². The maximum absolute atomic E-state index is 4.30. The van der Waals surface area contributed by atoms with E-state index in [1.54, 1.807) is 17.5 Å². The Balaban J connectivity index is 2.00. The molecule has 2 aromatic rings. The van der Waals surface area contributed by atoms with Crippen molar-refractivity contribution in [2.24, 2.45) is 0 Å². The molecule has 0 saturated carbocycles. The molecule has 2 aromatic heterocycles. The van der Waals surface area contributed by atoms with E-state index >= 15 is 0 Å². The van der Waals surface area contributed by atoms with Gasteiger partial charge in [0, 0.05) is 30.0 Å². The monoisotopic (exact) mass is 233 g/mol. The molecule has 0 saturated heterocycles. The van der Waals surface area contributed by atoms with Crippen LogP contribution in [0.5, 0.6) is 0 Å². The molecule has 4 heteroatoms. The van der Waals surface area contributed by atoms with Gasteiger partial charge in [0.1, 0.15) is 5.01 Å². The zero-order chi connectivity index (χ0) is 11.4. The molecule has 0 bridgehead atoms. The second kappa shape index (κ2) is 5.18. The van der Waals surface area contributed by atoms with Crippen LogP contribution in [0.3, 0.4) is 0 Å². The van der Waals surface area contributed by atoms with Gasteiger partial charge in [0.15, 0.2) is 0 Å². The van der Waals surface area contributed by atoms with E-state index in [9.17, 15) is 0 Å². The quantitative estimate of drug-likeness (QED) is 0.882. The van der Waals surface area contributed by atoms with Crippen LogP contribution in [0.2, 0.25) is 0 Å². The Bertz CT molecular complexity index is 413. The number of nitrogens with zero attached hydrogens (tertiary/aromatic N) is 2. The molecule has 84 valence electrons. The third-order valence-corrected chi connectivity index (χ3v) is 3.46. The molecular formula is C12H15N3S. The summed E-state index contributed by atoms with van der Waals surface area (Å²) in [5, 5.41) is 6.63. The maximum atomic E-state index is 4.30. The number of hydrogen-bond acceptors (Lipinski definition) is 4. The van der Waals surface area contributed by atoms with Crippen LogP contribution < -0.4 is 5.32 Å². The van der Waals surface area contributed by atoms with Crippen LogP contribution in [0.25, 0.3) is 0 Å². The van der Waals surface area contributed by atoms with Crippen LogP contribution in [0.1, 0.15) is 36.5 Å². The van der Waals surface area contributed by atoms with Crippen molar-refractivity contribution in [3.8, 4) is 0 Å². The number of hydrogen-bond donors (Lipinski definition) is 1. The Morgan fingerprint density at radius 2 is 2.12 bits per heavy atom. The van der Waals surface area contributed by atoms with Gasteiger partial charge < -0.3 is 5.32 Å². The zero-order valence-electron chi connectivity index (χ0n) is 9.42. The van der Waals surface area contributed by atoms with Crippen molar-refractivity contribution in [1.82, 2.24) is 15.3 Å². The number of thiazole rings is 1. The van der Waals surface area contributed by atoms with E-state index < -0.39 is 0 Å². The number of pyridine rings is 1. The normalized spacial score (nSPS) is 14.6. The summed E-state index contributed by atoms with van der Waals surface area (Å²) in [5.74, 6) is 0. The van der Waals surface area contributed by atoms with Gasteiger partial charge in [0.05, 0.1) is 6.04 Å². The average Bonchev–Trinajstić information content (AvgIpc) is 2.83. The van der Waals surface area contributed by atoms with Crippen molar-refractivity contribution in [2.75, 3.05) is 0 Å². The lowest BCUT2D eigenvalue weighted by Crippen LogP contribution is -2.22. The summed E-state index contributed by atoms with van der Waals surface area (Å²) in [6, 6.07) is 4.60. The maximum Gasteiger partial charge on any atom is 0.109 e. The second-order valence-corrected chi connectivity index (χ2v) is 4.69. The first kappa shape index (κ1) is 11.2. The topological polar surface area (TPSA) is 37.8 Å². The van der Waals surface area contributed by atoms with Gasteiger partial charge in [-0.3, -0.25) is 4.98 Å². The van der Waals surface area contributed by atoms with E-state index in [4.69, 9.17) is 0 Å². The van der Waals surface area contributed by atoms with Crippen LogP contribution in [0.4, 0.5) is 0 Å². The van der Waals surface area contributed by atoms with E-state index in [2.05, 4.69) is 35.2 Å². The molecule has 0 fully saturated rings. The predicted octanol–water partition coefficient (Wildman–Crippen LogP) is 2.95. The summed E-state index contributed by atoms with van der Waals surface area (Å²) in [4.78, 5) is 8.43. The molecule has 0 aromatic carbocycles. The fourth-order valence-electron chi connectivity index (χ4n) is 1.62. The zero-order valence-corrected chi connectivity index (χ0v) is 10.2. The molecule has 2 rings (SSSR count). The predicted molar refractivity (Wildman–Crippen MR) is 66.3 cm³/mol. The molecular weight excluding hydrogens is 218 g/mol. The Morgan fingerprint density at radius 3 is 2.75 bits per heavy atom. The molecule has 2 atom stereocenters. The third-order valence-electron chi connectivity index (χ3n) is 2.51. The van der Waals surface area contributed by atoms with Crippen LogP contribution in [-0.4, -0.2) is 9.97 Å². The van der Waals surface area contributed by atoms with Crippen molar-refractivity contribution in [3.63, 3.8) is 0 Å². The lowest BCUT2D eigenvalue weighted by atomic mass is 10.1. The van der Waals surface area contributed by atoms with Gasteiger partial charge in [-0.25, -0.2) is 4.98 Å². The summed E-state index contributed by atoms with van der Waals surface area (Å²) >= 11 is 1.68. The molecule has 0 amide bonds. The Hall–Kier alpha value is -1.26. The third kappa shape index (κ3) is 2.65. The largest absolute Gasteiger partial charge is 0.301 e. The van der Waals surface area contributed by atoms with E-state index in [0.29, 0.717) is 0 Å². The minimum Gasteiger partial charge on any atom is -0.301 e. The highest BCUT2D eigenvalue weighted by Gasteiger charge is 2.12. The molecule has 2 heterocycles. The summed E-state index contributed by atoms with van der Waals surface area (Å²) in [7, 11) is 0. The van der Waals surface area contributed by atoms with E-state index in [0.717, 1.165) is 5.01 Å². The van der Waals surface area contributed by atoms with Gasteiger partial charge in [0.25, 0.3) is 0 Å². The van der Waals surface area contributed by atoms with Crippen LogP contribution >= 0.6 is 11.3 Å². The van der Waals surface area contributed by atoms with E-state index in [1.807, 2.05) is 23.8 Å². The molecule has 0 aliphatic carbocycles. The minimum absolute atomic E-state index is 0.273. The minimum atomic E-state index is 0.273. The van der Waals surface area contributed by atoms with Crippen LogP contribution in [-0.2, 0) is 0 Å². The number of aromatic nitrogens is 2. The van der Waals surface area contributed by atoms with Crippen molar-refractivity contribution in [3.05, 3.63) is 46.7 Å². The van der Waals surface area contributed by atoms with Gasteiger partial charge in [0.2, 0.25) is 0 Å². The molecule has 1 unspecified atom stereocenters. The molecule has 0 aliphatic rings. The molecule has 0 spiro atoms. The highest BCUT2D eigenvalue weighted by Crippen LogP contribution is 2.19. The van der Waals surface area contributed by atoms with Gasteiger partial charge in [-0.2, -0.15) is 0 Å². The Morgan fingerprint density at radius 1 is 1.25 bits per heavy atom. The highest BCUT2D eigenvalue weighted by molar-refractivity contribution is 7.09. The van der Waals surface area contributed by atoms with Gasteiger partial charge in [-0.15, -0.1) is 11.3 Å². The van der Waals surface area contributed by atoms with Gasteiger partial charge in [-0.1, -0.05) is 6.07 Å². The van der Waals surface area contributed by atoms with Gasteiger partial charge in [-0.05, 0) is 25.5 Å². The molecule has 0 radical (unpaired) electrons. The molecule has 16 heavy (non-hydrogen) atoms. The summed E-state index contributed by atoms with van der Waals surface area (Å²) in [6.45, 7) is 4.27. The van der Waals surface area contributed by atoms with E-state index in [-0.39, 0.29) is 12.1 Å². The second-order valence-electron chi connectivity index (χ2n) is 3.77. The molecule has 3 nitrogen and oxygen atoms in total. The Kier molecular flexibility index (Phi) is 3.64. The summed E-state index contributed by atoms with van der Waals surface area (Å²) < 4.78 is 0. The first-order valence-electron chi connectivity index (χ1n) is 5.32. The van der Waals surface area contributed by atoms with E-state index in [1.165, 1.54) is 5.56 Å². The first-order valence-corrected chi connectivity index (χ1v) is 6.20. The first-order chi connectivity index (χ1) is 7.77. The van der Waals surface area contributed by atoms with Crippen LogP contribution in [0.15, 0.2) is 36.1 Å². The average molecular weight is 233 g/mol. The standard InChI is InChI=1S/C12H15N3S/c1-9(11-4-3-5-13-8-11)15-10(2)12-14-6-7-16-12/h3-10,15H,1-2H3/t9-,10?/m1/s1. The fraction of sp³-hybridized carbons (Fsp3) is 0.333. The summed E-state index contributed by atoms with van der Waals surface area (Å²) in [6.07, 6.45) is 5.53. The van der Waals surface area contributed by atoms with Crippen LogP contribution in [0, 0.1) is 0 Å². The lowest BCUT2D eigenvalue weighted by Gasteiger charge is -2.18. The lowest BCUT2D eigenvalue weighted by molar-refractivity contribution is 0.492. The molecule has 1 N–H and O–H groups in total.